The molecule has 106 valence electrons. The molecule has 0 saturated carbocycles. The molecule has 0 aliphatic rings. The summed E-state index contributed by atoms with van der Waals surface area (Å²) in [5.74, 6) is -0.675. The zero-order valence-electron chi connectivity index (χ0n) is 12.2. The highest BCUT2D eigenvalue weighted by Gasteiger charge is 2.23. The molecule has 0 aliphatic heterocycles. The van der Waals surface area contributed by atoms with Gasteiger partial charge in [0.2, 0.25) is 0 Å². The molecule has 19 heavy (non-hydrogen) atoms. The summed E-state index contributed by atoms with van der Waals surface area (Å²) in [6, 6.07) is 2.36. The van der Waals surface area contributed by atoms with Crippen molar-refractivity contribution in [1.82, 2.24) is 0 Å². The first kappa shape index (κ1) is 15.6. The van der Waals surface area contributed by atoms with E-state index in [9.17, 15) is 9.18 Å². The van der Waals surface area contributed by atoms with E-state index in [2.05, 4.69) is 0 Å². The highest BCUT2D eigenvalue weighted by atomic mass is 19.1. The lowest BCUT2D eigenvalue weighted by Gasteiger charge is -2.24. The average molecular weight is 267 g/mol. The van der Waals surface area contributed by atoms with Crippen LogP contribution in [0.15, 0.2) is 12.1 Å². The van der Waals surface area contributed by atoms with Gasteiger partial charge in [-0.2, -0.15) is 0 Å². The molecule has 0 fully saturated rings. The fraction of sp³-hybridized carbons (Fsp3) is 0.533. The number of carbonyl (C=O) groups is 1. The van der Waals surface area contributed by atoms with Crippen LogP contribution < -0.4 is 5.73 Å². The number of rotatable bonds is 4. The number of hydrogen-bond acceptors (Lipinski definition) is 3. The summed E-state index contributed by atoms with van der Waals surface area (Å²) in [5, 5.41) is 0. The fourth-order valence-electron chi connectivity index (χ4n) is 2.27. The van der Waals surface area contributed by atoms with E-state index >= 15 is 0 Å². The van der Waals surface area contributed by atoms with Crippen LogP contribution in [0.4, 0.5) is 4.39 Å². The fourth-order valence-corrected chi connectivity index (χ4v) is 2.27. The number of esters is 1. The molecule has 1 aromatic rings. The molecule has 2 N–H and O–H groups in total. The van der Waals surface area contributed by atoms with Crippen LogP contribution >= 0.6 is 0 Å². The first-order valence-electron chi connectivity index (χ1n) is 6.46. The normalized spacial score (nSPS) is 15.7. The van der Waals surface area contributed by atoms with Crippen molar-refractivity contribution in [2.45, 2.75) is 52.7 Å². The number of hydrogen-bond donors (Lipinski definition) is 1. The minimum atomic E-state index is -0.634. The second-order valence-electron chi connectivity index (χ2n) is 5.17. The van der Waals surface area contributed by atoms with E-state index in [0.717, 1.165) is 16.7 Å². The van der Waals surface area contributed by atoms with Gasteiger partial charge < -0.3 is 10.5 Å². The SMILES string of the molecule is Cc1cc(F)cc(C)c1C(C)C(C)OC(=O)[C@H](C)N. The zero-order valence-corrected chi connectivity index (χ0v) is 12.2. The topological polar surface area (TPSA) is 52.3 Å². The standard InChI is InChI=1S/C15H22FNO2/c1-8-6-13(16)7-9(2)14(8)10(3)12(5)19-15(18)11(4)17/h6-7,10-12H,17H2,1-5H3/t10?,11-,12?/m0/s1. The van der Waals surface area contributed by atoms with Gasteiger partial charge in [0.1, 0.15) is 18.0 Å². The third-order valence-electron chi connectivity index (χ3n) is 3.39. The summed E-state index contributed by atoms with van der Waals surface area (Å²) in [6.45, 7) is 9.11. The van der Waals surface area contributed by atoms with Crippen LogP contribution in [0.25, 0.3) is 0 Å². The van der Waals surface area contributed by atoms with E-state index in [1.165, 1.54) is 12.1 Å². The number of carbonyl (C=O) groups excluding carboxylic acids is 1. The van der Waals surface area contributed by atoms with Crippen LogP contribution in [0.5, 0.6) is 0 Å². The summed E-state index contributed by atoms with van der Waals surface area (Å²) in [5.41, 5.74) is 8.24. The average Bonchev–Trinajstić information content (AvgIpc) is 2.26. The van der Waals surface area contributed by atoms with Crippen LogP contribution in [0.3, 0.4) is 0 Å². The minimum Gasteiger partial charge on any atom is -0.461 e. The largest absolute Gasteiger partial charge is 0.461 e. The molecule has 3 atom stereocenters. The maximum Gasteiger partial charge on any atom is 0.322 e. The smallest absolute Gasteiger partial charge is 0.322 e. The lowest BCUT2D eigenvalue weighted by molar-refractivity contribution is -0.150. The molecule has 0 aliphatic carbocycles. The number of benzene rings is 1. The Morgan fingerprint density at radius 2 is 1.68 bits per heavy atom. The highest BCUT2D eigenvalue weighted by molar-refractivity contribution is 5.75. The maximum atomic E-state index is 13.3. The summed E-state index contributed by atoms with van der Waals surface area (Å²) in [4.78, 5) is 11.5. The van der Waals surface area contributed by atoms with Gasteiger partial charge >= 0.3 is 5.97 Å². The Morgan fingerprint density at radius 3 is 2.11 bits per heavy atom. The van der Waals surface area contributed by atoms with Crippen LogP contribution in [0, 0.1) is 19.7 Å². The van der Waals surface area contributed by atoms with Gasteiger partial charge in [-0.15, -0.1) is 0 Å². The van der Waals surface area contributed by atoms with E-state index in [-0.39, 0.29) is 17.8 Å². The van der Waals surface area contributed by atoms with Gasteiger partial charge in [-0.05, 0) is 56.5 Å². The molecular formula is C15H22FNO2. The highest BCUT2D eigenvalue weighted by Crippen LogP contribution is 2.28. The maximum absolute atomic E-state index is 13.3. The zero-order chi connectivity index (χ0) is 14.7. The predicted molar refractivity (Wildman–Crippen MR) is 73.5 cm³/mol. The molecule has 0 radical (unpaired) electrons. The Bertz CT molecular complexity index is 448. The first-order valence-corrected chi connectivity index (χ1v) is 6.46. The summed E-state index contributed by atoms with van der Waals surface area (Å²) >= 11 is 0. The molecule has 0 heterocycles. The van der Waals surface area contributed by atoms with Crippen molar-refractivity contribution in [3.05, 3.63) is 34.6 Å². The number of ether oxygens (including phenoxy) is 1. The number of nitrogens with two attached hydrogens (primary N) is 1. The first-order chi connectivity index (χ1) is 8.73. The summed E-state index contributed by atoms with van der Waals surface area (Å²) in [6.07, 6.45) is -0.304. The van der Waals surface area contributed by atoms with Crippen LogP contribution in [0.1, 0.15) is 43.4 Å². The minimum absolute atomic E-state index is 0.0108. The summed E-state index contributed by atoms with van der Waals surface area (Å²) in [7, 11) is 0. The van der Waals surface area contributed by atoms with Crippen molar-refractivity contribution in [2.75, 3.05) is 0 Å². The molecule has 0 aromatic heterocycles. The molecule has 1 rings (SSSR count). The van der Waals surface area contributed by atoms with Crippen LogP contribution in [0.2, 0.25) is 0 Å². The second-order valence-corrected chi connectivity index (χ2v) is 5.17. The van der Waals surface area contributed by atoms with Gasteiger partial charge in [-0.1, -0.05) is 6.92 Å². The van der Waals surface area contributed by atoms with Gasteiger partial charge in [0.15, 0.2) is 0 Å². The number of aryl methyl sites for hydroxylation is 2. The van der Waals surface area contributed by atoms with Gasteiger partial charge in [0, 0.05) is 5.92 Å². The second kappa shape index (κ2) is 6.15. The van der Waals surface area contributed by atoms with E-state index in [4.69, 9.17) is 10.5 Å². The molecule has 0 bridgehead atoms. The predicted octanol–water partition coefficient (Wildman–Crippen LogP) is 2.82. The van der Waals surface area contributed by atoms with Crippen molar-refractivity contribution < 1.29 is 13.9 Å². The Hall–Kier alpha value is -1.42. The molecule has 4 heteroatoms. The van der Waals surface area contributed by atoms with E-state index < -0.39 is 12.0 Å². The van der Waals surface area contributed by atoms with Crippen molar-refractivity contribution >= 4 is 5.97 Å². The molecular weight excluding hydrogens is 245 g/mol. The molecule has 0 amide bonds. The third kappa shape index (κ3) is 3.77. The van der Waals surface area contributed by atoms with Gasteiger partial charge in [-0.3, -0.25) is 4.79 Å². The Labute approximate surface area is 113 Å². The lowest BCUT2D eigenvalue weighted by Crippen LogP contribution is -2.33. The Balaban J connectivity index is 2.94. The van der Waals surface area contributed by atoms with Crippen molar-refractivity contribution in [2.24, 2.45) is 5.73 Å². The van der Waals surface area contributed by atoms with E-state index in [0.29, 0.717) is 0 Å². The van der Waals surface area contributed by atoms with E-state index in [1.807, 2.05) is 27.7 Å². The molecule has 2 unspecified atom stereocenters. The molecule has 0 spiro atoms. The Morgan fingerprint density at radius 1 is 1.21 bits per heavy atom. The third-order valence-corrected chi connectivity index (χ3v) is 3.39. The van der Waals surface area contributed by atoms with Crippen molar-refractivity contribution in [3.63, 3.8) is 0 Å². The summed E-state index contributed by atoms with van der Waals surface area (Å²) < 4.78 is 18.6. The number of halogens is 1. The quantitative estimate of drug-likeness (QED) is 0.853. The van der Waals surface area contributed by atoms with Crippen LogP contribution in [-0.2, 0) is 9.53 Å². The lowest BCUT2D eigenvalue weighted by atomic mass is 9.88. The van der Waals surface area contributed by atoms with Gasteiger partial charge in [-0.25, -0.2) is 4.39 Å². The molecule has 1 aromatic carbocycles. The van der Waals surface area contributed by atoms with Crippen LogP contribution in [-0.4, -0.2) is 18.1 Å². The molecule has 0 saturated heterocycles. The monoisotopic (exact) mass is 267 g/mol. The Kier molecular flexibility index (Phi) is 5.06. The van der Waals surface area contributed by atoms with E-state index in [1.54, 1.807) is 6.92 Å². The van der Waals surface area contributed by atoms with Gasteiger partial charge in [0.05, 0.1) is 0 Å². The molecule has 3 nitrogen and oxygen atoms in total. The van der Waals surface area contributed by atoms with Crippen molar-refractivity contribution in [3.8, 4) is 0 Å². The van der Waals surface area contributed by atoms with Gasteiger partial charge in [0.25, 0.3) is 0 Å². The van der Waals surface area contributed by atoms with Crippen molar-refractivity contribution in [1.29, 1.82) is 0 Å².